The van der Waals surface area contributed by atoms with E-state index in [2.05, 4.69) is 4.90 Å². The molecule has 0 atom stereocenters. The maximum absolute atomic E-state index is 13.4. The fourth-order valence-corrected chi connectivity index (χ4v) is 3.94. The summed E-state index contributed by atoms with van der Waals surface area (Å²) in [6, 6.07) is 24.9. The zero-order valence-electron chi connectivity index (χ0n) is 15.8. The number of halogens is 2. The maximum atomic E-state index is 13.4. The highest BCUT2D eigenvalue weighted by molar-refractivity contribution is 6.35. The van der Waals surface area contributed by atoms with Crippen LogP contribution in [0.3, 0.4) is 0 Å². The van der Waals surface area contributed by atoms with Gasteiger partial charge in [-0.25, -0.2) is 4.79 Å². The third kappa shape index (κ3) is 4.34. The number of nitrogens with zero attached hydrogens (tertiary/aromatic N) is 3. The second-order valence-electron chi connectivity index (χ2n) is 6.86. The Hall–Kier alpha value is -2.69. The van der Waals surface area contributed by atoms with Gasteiger partial charge in [-0.2, -0.15) is 0 Å². The van der Waals surface area contributed by atoms with Crippen LogP contribution in [0.4, 0.5) is 21.9 Å². The van der Waals surface area contributed by atoms with Gasteiger partial charge in [-0.3, -0.25) is 4.90 Å². The predicted molar refractivity (Wildman–Crippen MR) is 121 cm³/mol. The predicted octanol–water partition coefficient (Wildman–Crippen LogP) is 6.07. The number of hydrogen-bond acceptors (Lipinski definition) is 2. The van der Waals surface area contributed by atoms with Gasteiger partial charge in [0.15, 0.2) is 0 Å². The van der Waals surface area contributed by atoms with Crippen molar-refractivity contribution in [2.24, 2.45) is 0 Å². The fourth-order valence-electron chi connectivity index (χ4n) is 3.53. The highest BCUT2D eigenvalue weighted by Crippen LogP contribution is 2.31. The smallest absolute Gasteiger partial charge is 0.329 e. The number of rotatable bonds is 3. The van der Waals surface area contributed by atoms with E-state index in [-0.39, 0.29) is 6.03 Å². The van der Waals surface area contributed by atoms with E-state index < -0.39 is 0 Å². The molecule has 0 N–H and O–H groups in total. The molecule has 0 saturated carbocycles. The number of piperazine rings is 1. The number of anilines is 3. The average molecular weight is 426 g/mol. The Balaban J connectivity index is 1.53. The molecule has 148 valence electrons. The topological polar surface area (TPSA) is 26.8 Å². The summed E-state index contributed by atoms with van der Waals surface area (Å²) in [5.74, 6) is 0. The number of benzene rings is 3. The highest BCUT2D eigenvalue weighted by Gasteiger charge is 2.28. The Kier molecular flexibility index (Phi) is 5.93. The van der Waals surface area contributed by atoms with Crippen molar-refractivity contribution in [1.29, 1.82) is 0 Å². The maximum Gasteiger partial charge on any atom is 0.329 e. The van der Waals surface area contributed by atoms with Crippen LogP contribution in [0.25, 0.3) is 0 Å². The third-order valence-corrected chi connectivity index (χ3v) is 5.57. The van der Waals surface area contributed by atoms with E-state index in [9.17, 15) is 4.79 Å². The van der Waals surface area contributed by atoms with Crippen LogP contribution in [0.15, 0.2) is 78.9 Å². The van der Waals surface area contributed by atoms with Gasteiger partial charge in [-0.05, 0) is 42.5 Å². The van der Waals surface area contributed by atoms with E-state index in [0.29, 0.717) is 36.2 Å². The number of carbonyl (C=O) groups is 1. The van der Waals surface area contributed by atoms with E-state index in [4.69, 9.17) is 23.2 Å². The van der Waals surface area contributed by atoms with Gasteiger partial charge in [0.05, 0.1) is 22.1 Å². The number of amides is 2. The lowest BCUT2D eigenvalue weighted by atomic mass is 10.2. The first-order chi connectivity index (χ1) is 14.1. The van der Waals surface area contributed by atoms with Crippen LogP contribution >= 0.6 is 23.2 Å². The van der Waals surface area contributed by atoms with E-state index in [1.54, 1.807) is 11.0 Å². The number of carbonyl (C=O) groups excluding carboxylic acids is 1. The largest absolute Gasteiger partial charge is 0.367 e. The molecule has 1 aliphatic rings. The molecule has 4 nitrogen and oxygen atoms in total. The second kappa shape index (κ2) is 8.76. The van der Waals surface area contributed by atoms with Gasteiger partial charge >= 0.3 is 6.03 Å². The molecule has 4 rings (SSSR count). The Bertz CT molecular complexity index is 934. The van der Waals surface area contributed by atoms with E-state index in [1.807, 2.05) is 77.7 Å². The van der Waals surface area contributed by atoms with E-state index >= 15 is 0 Å². The van der Waals surface area contributed by atoms with Crippen molar-refractivity contribution in [1.82, 2.24) is 4.90 Å². The molecular formula is C23H21Cl2N3O. The minimum absolute atomic E-state index is 0.0285. The molecule has 3 aromatic carbocycles. The lowest BCUT2D eigenvalue weighted by Gasteiger charge is -2.38. The number of para-hydroxylation sites is 2. The van der Waals surface area contributed by atoms with E-state index in [0.717, 1.165) is 17.1 Å². The molecule has 0 radical (unpaired) electrons. The van der Waals surface area contributed by atoms with Crippen LogP contribution in [0.1, 0.15) is 0 Å². The molecule has 0 aliphatic carbocycles. The van der Waals surface area contributed by atoms with Crippen molar-refractivity contribution in [3.63, 3.8) is 0 Å². The summed E-state index contributed by atoms with van der Waals surface area (Å²) in [4.78, 5) is 19.3. The first kappa shape index (κ1) is 19.6. The Labute approximate surface area is 180 Å². The van der Waals surface area contributed by atoms with Crippen LogP contribution in [0, 0.1) is 0 Å². The van der Waals surface area contributed by atoms with Gasteiger partial charge in [0, 0.05) is 31.2 Å². The Morgan fingerprint density at radius 2 is 1.31 bits per heavy atom. The molecular weight excluding hydrogens is 405 g/mol. The van der Waals surface area contributed by atoms with Gasteiger partial charge in [-0.1, -0.05) is 59.6 Å². The summed E-state index contributed by atoms with van der Waals surface area (Å²) in [6.45, 7) is 2.61. The van der Waals surface area contributed by atoms with Crippen molar-refractivity contribution in [2.45, 2.75) is 0 Å². The molecule has 1 saturated heterocycles. The number of urea groups is 1. The minimum atomic E-state index is -0.0285. The molecule has 0 unspecified atom stereocenters. The zero-order valence-corrected chi connectivity index (χ0v) is 17.4. The monoisotopic (exact) mass is 425 g/mol. The SMILES string of the molecule is O=C(N1CCN(c2cc(Cl)ccc2Cl)CC1)N(c1ccccc1)c1ccccc1. The summed E-state index contributed by atoms with van der Waals surface area (Å²) in [7, 11) is 0. The molecule has 6 heteroatoms. The molecule has 1 aliphatic heterocycles. The van der Waals surface area contributed by atoms with Crippen molar-refractivity contribution >= 4 is 46.3 Å². The molecule has 2 amide bonds. The van der Waals surface area contributed by atoms with Crippen molar-refractivity contribution < 1.29 is 4.79 Å². The lowest BCUT2D eigenvalue weighted by molar-refractivity contribution is 0.203. The standard InChI is InChI=1S/C23H21Cl2N3O/c24-18-11-12-21(25)22(17-18)26-13-15-27(16-14-26)23(29)28(19-7-3-1-4-8-19)20-9-5-2-6-10-20/h1-12,17H,13-16H2. The molecule has 0 aromatic heterocycles. The molecule has 0 spiro atoms. The summed E-state index contributed by atoms with van der Waals surface area (Å²) < 4.78 is 0. The van der Waals surface area contributed by atoms with Gasteiger partial charge < -0.3 is 9.80 Å². The van der Waals surface area contributed by atoms with Crippen molar-refractivity contribution in [3.05, 3.63) is 88.9 Å². The van der Waals surface area contributed by atoms with Gasteiger partial charge in [-0.15, -0.1) is 0 Å². The van der Waals surface area contributed by atoms with Crippen molar-refractivity contribution in [3.8, 4) is 0 Å². The second-order valence-corrected chi connectivity index (χ2v) is 7.70. The van der Waals surface area contributed by atoms with Gasteiger partial charge in [0.1, 0.15) is 0 Å². The molecule has 1 heterocycles. The molecule has 29 heavy (non-hydrogen) atoms. The minimum Gasteiger partial charge on any atom is -0.367 e. The average Bonchev–Trinajstić information content (AvgIpc) is 2.77. The lowest BCUT2D eigenvalue weighted by Crippen LogP contribution is -2.52. The van der Waals surface area contributed by atoms with Crippen LogP contribution in [0.2, 0.25) is 10.0 Å². The Morgan fingerprint density at radius 3 is 1.86 bits per heavy atom. The van der Waals surface area contributed by atoms with Crippen LogP contribution < -0.4 is 9.80 Å². The zero-order chi connectivity index (χ0) is 20.2. The quantitative estimate of drug-likeness (QED) is 0.508. The normalized spacial score (nSPS) is 14.0. The highest BCUT2D eigenvalue weighted by atomic mass is 35.5. The summed E-state index contributed by atoms with van der Waals surface area (Å²) in [5, 5.41) is 1.33. The first-order valence-corrected chi connectivity index (χ1v) is 10.3. The van der Waals surface area contributed by atoms with Crippen LogP contribution in [0.5, 0.6) is 0 Å². The Morgan fingerprint density at radius 1 is 0.759 bits per heavy atom. The van der Waals surface area contributed by atoms with Gasteiger partial charge in [0.2, 0.25) is 0 Å². The van der Waals surface area contributed by atoms with Crippen LogP contribution in [-0.4, -0.2) is 37.1 Å². The fraction of sp³-hybridized carbons (Fsp3) is 0.174. The van der Waals surface area contributed by atoms with Crippen LogP contribution in [-0.2, 0) is 0 Å². The first-order valence-electron chi connectivity index (χ1n) is 9.52. The van der Waals surface area contributed by atoms with E-state index in [1.165, 1.54) is 0 Å². The number of hydrogen-bond donors (Lipinski definition) is 0. The molecule has 1 fully saturated rings. The molecule has 0 bridgehead atoms. The summed E-state index contributed by atoms with van der Waals surface area (Å²) in [5.41, 5.74) is 2.61. The summed E-state index contributed by atoms with van der Waals surface area (Å²) >= 11 is 12.5. The third-order valence-electron chi connectivity index (χ3n) is 5.02. The molecule has 3 aromatic rings. The van der Waals surface area contributed by atoms with Crippen molar-refractivity contribution in [2.75, 3.05) is 36.0 Å². The summed E-state index contributed by atoms with van der Waals surface area (Å²) in [6.07, 6.45) is 0. The van der Waals surface area contributed by atoms with Gasteiger partial charge in [0.25, 0.3) is 0 Å².